The Hall–Kier alpha value is -4.03. The van der Waals surface area contributed by atoms with Crippen molar-refractivity contribution in [1.29, 1.82) is 0 Å². The summed E-state index contributed by atoms with van der Waals surface area (Å²) in [4.78, 5) is 50.1. The maximum Gasteiger partial charge on any atom is 0.452 e. The van der Waals surface area contributed by atoms with Crippen molar-refractivity contribution in [2.45, 2.75) is 51.0 Å². The molecule has 0 aliphatic heterocycles. The van der Waals surface area contributed by atoms with Gasteiger partial charge in [-0.3, -0.25) is 19.2 Å². The van der Waals surface area contributed by atoms with Gasteiger partial charge in [0.25, 0.3) is 11.7 Å². The Labute approximate surface area is 221 Å². The molecule has 0 bridgehead atoms. The standard InChI is InChI=1S/C26H28F5N3O5/c1-14(2)19(21(35)26(29,30)31)33-23(37)20(16-10-12-18(39-4)13-11-16)34-22(36)15(3)32-24(38)25(27,28)17-8-6-5-7-9-17/h5-15,19-20H,1-4H3,(H,32,38)(H,33,37)(H,34,36)/t15-,19-,20-/m0/s1. The zero-order valence-corrected chi connectivity index (χ0v) is 21.4. The minimum atomic E-state index is -5.23. The predicted molar refractivity (Wildman–Crippen MR) is 130 cm³/mol. The highest BCUT2D eigenvalue weighted by Gasteiger charge is 2.46. The molecule has 13 heteroatoms. The molecule has 0 saturated heterocycles. The van der Waals surface area contributed by atoms with Crippen molar-refractivity contribution in [3.8, 4) is 5.75 Å². The highest BCUT2D eigenvalue weighted by Crippen LogP contribution is 2.28. The average Bonchev–Trinajstić information content (AvgIpc) is 2.89. The van der Waals surface area contributed by atoms with Gasteiger partial charge in [-0.25, -0.2) is 0 Å². The lowest BCUT2D eigenvalue weighted by Gasteiger charge is -2.27. The van der Waals surface area contributed by atoms with Crippen molar-refractivity contribution >= 4 is 23.5 Å². The van der Waals surface area contributed by atoms with Crippen LogP contribution >= 0.6 is 0 Å². The summed E-state index contributed by atoms with van der Waals surface area (Å²) < 4.78 is 73.4. The van der Waals surface area contributed by atoms with Crippen LogP contribution < -0.4 is 20.7 Å². The number of hydrogen-bond acceptors (Lipinski definition) is 5. The van der Waals surface area contributed by atoms with E-state index in [9.17, 15) is 41.1 Å². The summed E-state index contributed by atoms with van der Waals surface area (Å²) in [5.41, 5.74) is -0.531. The number of methoxy groups -OCH3 is 1. The van der Waals surface area contributed by atoms with Crippen LogP contribution in [0.3, 0.4) is 0 Å². The van der Waals surface area contributed by atoms with Gasteiger partial charge in [0.05, 0.1) is 13.2 Å². The Balaban J connectivity index is 2.28. The summed E-state index contributed by atoms with van der Waals surface area (Å²) in [5.74, 6) is -10.8. The number of amides is 3. The molecule has 2 aromatic rings. The minimum absolute atomic E-state index is 0.0803. The molecule has 0 fully saturated rings. The van der Waals surface area contributed by atoms with Gasteiger partial charge in [0.2, 0.25) is 11.8 Å². The molecule has 3 N–H and O–H groups in total. The molecule has 0 spiro atoms. The number of carbonyl (C=O) groups is 4. The molecule has 212 valence electrons. The highest BCUT2D eigenvalue weighted by molar-refractivity contribution is 5.97. The SMILES string of the molecule is COc1ccc([C@H](NC(=O)[C@H](C)NC(=O)C(F)(F)c2ccccc2)C(=O)N[C@H](C(=O)C(F)(F)F)C(C)C)cc1. The van der Waals surface area contributed by atoms with Crippen molar-refractivity contribution in [3.05, 3.63) is 65.7 Å². The van der Waals surface area contributed by atoms with Crippen LogP contribution in [-0.2, 0) is 25.1 Å². The first-order chi connectivity index (χ1) is 18.1. The van der Waals surface area contributed by atoms with E-state index in [2.05, 4.69) is 5.32 Å². The van der Waals surface area contributed by atoms with Crippen molar-refractivity contribution < 1.29 is 45.9 Å². The first-order valence-corrected chi connectivity index (χ1v) is 11.7. The molecule has 3 atom stereocenters. The predicted octanol–water partition coefficient (Wildman–Crippen LogP) is 3.42. The molecule has 0 aliphatic rings. The molecular weight excluding hydrogens is 529 g/mol. The molecule has 0 heterocycles. The molecule has 8 nitrogen and oxygen atoms in total. The highest BCUT2D eigenvalue weighted by atomic mass is 19.4. The van der Waals surface area contributed by atoms with Crippen molar-refractivity contribution in [3.63, 3.8) is 0 Å². The largest absolute Gasteiger partial charge is 0.497 e. The number of halogens is 5. The van der Waals surface area contributed by atoms with Crippen molar-refractivity contribution in [1.82, 2.24) is 16.0 Å². The fourth-order valence-electron chi connectivity index (χ4n) is 3.44. The summed E-state index contributed by atoms with van der Waals surface area (Å²) in [7, 11) is 1.37. The van der Waals surface area contributed by atoms with Gasteiger partial charge < -0.3 is 20.7 Å². The number of nitrogens with one attached hydrogen (secondary N) is 3. The van der Waals surface area contributed by atoms with E-state index in [1.165, 1.54) is 63.4 Å². The molecule has 3 amide bonds. The van der Waals surface area contributed by atoms with Gasteiger partial charge >= 0.3 is 12.1 Å². The zero-order chi connectivity index (χ0) is 29.5. The number of carbonyl (C=O) groups excluding carboxylic acids is 4. The van der Waals surface area contributed by atoms with Gasteiger partial charge in [0.1, 0.15) is 17.8 Å². The summed E-state index contributed by atoms with van der Waals surface area (Å²) in [6.07, 6.45) is -5.23. The van der Waals surface area contributed by atoms with Crippen LogP contribution in [0, 0.1) is 5.92 Å². The first-order valence-electron chi connectivity index (χ1n) is 11.7. The molecule has 2 rings (SSSR count). The molecule has 0 saturated carbocycles. The van der Waals surface area contributed by atoms with E-state index in [0.717, 1.165) is 19.1 Å². The summed E-state index contributed by atoms with van der Waals surface area (Å²) >= 11 is 0. The van der Waals surface area contributed by atoms with E-state index in [-0.39, 0.29) is 5.56 Å². The fourth-order valence-corrected chi connectivity index (χ4v) is 3.44. The van der Waals surface area contributed by atoms with Crippen LogP contribution in [0.15, 0.2) is 54.6 Å². The second-order valence-corrected chi connectivity index (χ2v) is 8.94. The maximum absolute atomic E-state index is 14.5. The van der Waals surface area contributed by atoms with Crippen LogP contribution in [0.1, 0.15) is 37.9 Å². The van der Waals surface area contributed by atoms with E-state index in [0.29, 0.717) is 5.75 Å². The lowest BCUT2D eigenvalue weighted by atomic mass is 9.97. The number of benzene rings is 2. The third-order valence-electron chi connectivity index (χ3n) is 5.69. The Kier molecular flexibility index (Phi) is 10.1. The van der Waals surface area contributed by atoms with E-state index in [4.69, 9.17) is 4.74 Å². The average molecular weight is 558 g/mol. The summed E-state index contributed by atoms with van der Waals surface area (Å²) in [6, 6.07) is 6.45. The Bertz CT molecular complexity index is 1170. The number of ether oxygens (including phenoxy) is 1. The minimum Gasteiger partial charge on any atom is -0.497 e. The van der Waals surface area contributed by atoms with Gasteiger partial charge in [-0.05, 0) is 30.5 Å². The number of alkyl halides is 5. The third-order valence-corrected chi connectivity index (χ3v) is 5.69. The first kappa shape index (κ1) is 31.2. The van der Waals surface area contributed by atoms with Gasteiger partial charge in [-0.1, -0.05) is 56.3 Å². The second-order valence-electron chi connectivity index (χ2n) is 8.94. The summed E-state index contributed by atoms with van der Waals surface area (Å²) in [5, 5.41) is 6.14. The van der Waals surface area contributed by atoms with Gasteiger partial charge in [-0.2, -0.15) is 22.0 Å². The quantitative estimate of drug-likeness (QED) is 0.367. The normalized spacial score (nSPS) is 14.1. The Morgan fingerprint density at radius 1 is 0.769 bits per heavy atom. The number of rotatable bonds is 11. The molecule has 0 unspecified atom stereocenters. The number of hydrogen-bond donors (Lipinski definition) is 3. The van der Waals surface area contributed by atoms with Gasteiger partial charge in [0.15, 0.2) is 0 Å². The molecule has 0 radical (unpaired) electrons. The third kappa shape index (κ3) is 7.98. The number of Topliss-reactive ketones (excluding diaryl/α,β-unsaturated/α-hetero) is 1. The molecule has 0 aliphatic carbocycles. The fraction of sp³-hybridized carbons (Fsp3) is 0.385. The maximum atomic E-state index is 14.5. The topological polar surface area (TPSA) is 114 Å². The second kappa shape index (κ2) is 12.7. The molecule has 0 aromatic heterocycles. The van der Waals surface area contributed by atoms with Crippen molar-refractivity contribution in [2.24, 2.45) is 5.92 Å². The molecule has 39 heavy (non-hydrogen) atoms. The van der Waals surface area contributed by atoms with Crippen molar-refractivity contribution in [2.75, 3.05) is 7.11 Å². The monoisotopic (exact) mass is 557 g/mol. The zero-order valence-electron chi connectivity index (χ0n) is 21.4. The Morgan fingerprint density at radius 2 is 1.33 bits per heavy atom. The van der Waals surface area contributed by atoms with Gasteiger partial charge in [0, 0.05) is 5.56 Å². The molecular formula is C26H28F5N3O5. The van der Waals surface area contributed by atoms with Gasteiger partial charge in [-0.15, -0.1) is 0 Å². The van der Waals surface area contributed by atoms with Crippen LogP contribution in [-0.4, -0.2) is 48.9 Å². The smallest absolute Gasteiger partial charge is 0.452 e. The van der Waals surface area contributed by atoms with Crippen LogP contribution in [0.5, 0.6) is 5.75 Å². The van der Waals surface area contributed by atoms with E-state index in [1.54, 1.807) is 0 Å². The van der Waals surface area contributed by atoms with Crippen LogP contribution in [0.25, 0.3) is 0 Å². The Morgan fingerprint density at radius 3 is 1.82 bits per heavy atom. The summed E-state index contributed by atoms with van der Waals surface area (Å²) in [6.45, 7) is 3.67. The lowest BCUT2D eigenvalue weighted by Crippen LogP contribution is -2.55. The lowest BCUT2D eigenvalue weighted by molar-refractivity contribution is -0.175. The van der Waals surface area contributed by atoms with E-state index < -0.39 is 65.2 Å². The van der Waals surface area contributed by atoms with E-state index >= 15 is 0 Å². The van der Waals surface area contributed by atoms with E-state index in [1.807, 2.05) is 10.6 Å². The van der Waals surface area contributed by atoms with Crippen LogP contribution in [0.2, 0.25) is 0 Å². The molecule has 2 aromatic carbocycles. The number of ketones is 1. The van der Waals surface area contributed by atoms with Crippen LogP contribution in [0.4, 0.5) is 22.0 Å².